The third kappa shape index (κ3) is 4.32. The first-order valence-electron chi connectivity index (χ1n) is 4.64. The fraction of sp³-hybridized carbons (Fsp3) is 0.200. The van der Waals surface area contributed by atoms with Crippen molar-refractivity contribution >= 4 is 11.9 Å². The number of nitrogens with one attached hydrogen (secondary N) is 1. The van der Waals surface area contributed by atoms with Crippen LogP contribution in [0.1, 0.15) is 16.9 Å². The fourth-order valence-corrected chi connectivity index (χ4v) is 0.960. The van der Waals surface area contributed by atoms with Crippen molar-refractivity contribution in [2.24, 2.45) is 0 Å². The van der Waals surface area contributed by atoms with E-state index in [2.05, 4.69) is 15.3 Å². The van der Waals surface area contributed by atoms with Gasteiger partial charge in [-0.2, -0.15) is 0 Å². The largest absolute Gasteiger partial charge is 0.478 e. The number of rotatable bonds is 5. The smallest absolute Gasteiger partial charge is 0.327 e. The van der Waals surface area contributed by atoms with E-state index in [-0.39, 0.29) is 11.6 Å². The first-order chi connectivity index (χ1) is 7.70. The van der Waals surface area contributed by atoms with Gasteiger partial charge in [0.15, 0.2) is 0 Å². The molecule has 84 valence electrons. The molecule has 6 heteroatoms. The molecule has 1 amide bonds. The summed E-state index contributed by atoms with van der Waals surface area (Å²) in [5, 5.41) is 10.9. The average Bonchev–Trinajstić information content (AvgIpc) is 2.29. The van der Waals surface area contributed by atoms with E-state index in [1.54, 1.807) is 0 Å². The zero-order valence-electron chi connectivity index (χ0n) is 8.46. The summed E-state index contributed by atoms with van der Waals surface area (Å²) in [4.78, 5) is 29.1. The molecule has 1 aromatic heterocycles. The molecule has 0 saturated carbocycles. The molecular formula is C10H11N3O3. The first kappa shape index (κ1) is 11.8. The minimum Gasteiger partial charge on any atom is -0.478 e. The number of carboxylic acid groups (broad SMARTS) is 1. The van der Waals surface area contributed by atoms with E-state index in [0.29, 0.717) is 13.0 Å². The van der Waals surface area contributed by atoms with Gasteiger partial charge in [0, 0.05) is 25.0 Å². The van der Waals surface area contributed by atoms with Crippen molar-refractivity contribution in [2.75, 3.05) is 6.54 Å². The molecule has 0 unspecified atom stereocenters. The van der Waals surface area contributed by atoms with Crippen LogP contribution in [0.25, 0.3) is 0 Å². The standard InChI is InChI=1S/C10H11N3O3/c14-9(15)3-1-2-4-13-10(16)8-7-11-5-6-12-8/h1,3,5-7H,2,4H2,(H,13,16)(H,14,15)/b3-1+. The van der Waals surface area contributed by atoms with Crippen LogP contribution in [0.4, 0.5) is 0 Å². The van der Waals surface area contributed by atoms with Crippen LogP contribution in [0.15, 0.2) is 30.7 Å². The SMILES string of the molecule is O=C(O)/C=C/CCNC(=O)c1cnccn1. The summed E-state index contributed by atoms with van der Waals surface area (Å²) >= 11 is 0. The first-order valence-corrected chi connectivity index (χ1v) is 4.64. The molecule has 16 heavy (non-hydrogen) atoms. The normalized spacial score (nSPS) is 10.2. The highest BCUT2D eigenvalue weighted by Crippen LogP contribution is 1.90. The third-order valence-electron chi connectivity index (χ3n) is 1.65. The lowest BCUT2D eigenvalue weighted by atomic mass is 10.3. The summed E-state index contributed by atoms with van der Waals surface area (Å²) in [6.45, 7) is 0.360. The quantitative estimate of drug-likeness (QED) is 0.548. The number of aromatic nitrogens is 2. The van der Waals surface area contributed by atoms with Crippen molar-refractivity contribution in [1.29, 1.82) is 0 Å². The summed E-state index contributed by atoms with van der Waals surface area (Å²) in [5.74, 6) is -1.32. The van der Waals surface area contributed by atoms with E-state index in [0.717, 1.165) is 6.08 Å². The molecule has 0 aliphatic rings. The molecule has 0 saturated heterocycles. The zero-order valence-corrected chi connectivity index (χ0v) is 8.46. The van der Waals surface area contributed by atoms with Crippen LogP contribution >= 0.6 is 0 Å². The van der Waals surface area contributed by atoms with E-state index in [9.17, 15) is 9.59 Å². The molecule has 0 fully saturated rings. The topological polar surface area (TPSA) is 92.2 Å². The van der Waals surface area contributed by atoms with Gasteiger partial charge in [0.25, 0.3) is 5.91 Å². The van der Waals surface area contributed by atoms with Gasteiger partial charge in [-0.25, -0.2) is 9.78 Å². The highest BCUT2D eigenvalue weighted by atomic mass is 16.4. The molecule has 0 radical (unpaired) electrons. The zero-order chi connectivity index (χ0) is 11.8. The van der Waals surface area contributed by atoms with Gasteiger partial charge < -0.3 is 10.4 Å². The molecule has 0 atom stereocenters. The molecule has 0 bridgehead atoms. The van der Waals surface area contributed by atoms with Gasteiger partial charge in [-0.15, -0.1) is 0 Å². The van der Waals surface area contributed by atoms with Gasteiger partial charge in [-0.3, -0.25) is 9.78 Å². The Hall–Kier alpha value is -2.24. The average molecular weight is 221 g/mol. The van der Waals surface area contributed by atoms with E-state index < -0.39 is 5.97 Å². The second-order valence-electron chi connectivity index (χ2n) is 2.88. The summed E-state index contributed by atoms with van der Waals surface area (Å²) < 4.78 is 0. The molecule has 1 aromatic rings. The fourth-order valence-electron chi connectivity index (χ4n) is 0.960. The Morgan fingerprint density at radius 3 is 2.88 bits per heavy atom. The lowest BCUT2D eigenvalue weighted by Gasteiger charge is -2.01. The molecule has 0 spiro atoms. The van der Waals surface area contributed by atoms with Crippen molar-refractivity contribution in [2.45, 2.75) is 6.42 Å². The predicted octanol–water partition coefficient (Wildman–Crippen LogP) is 0.237. The lowest BCUT2D eigenvalue weighted by Crippen LogP contribution is -2.25. The third-order valence-corrected chi connectivity index (χ3v) is 1.65. The Balaban J connectivity index is 2.29. The molecule has 0 aliphatic heterocycles. The summed E-state index contributed by atoms with van der Waals surface area (Å²) in [5.41, 5.74) is 0.240. The van der Waals surface area contributed by atoms with Gasteiger partial charge in [0.2, 0.25) is 0 Å². The number of carboxylic acids is 1. The number of carbonyl (C=O) groups is 2. The Bertz CT molecular complexity index is 390. The minimum atomic E-state index is -1.000. The summed E-state index contributed by atoms with van der Waals surface area (Å²) in [6, 6.07) is 0. The second-order valence-corrected chi connectivity index (χ2v) is 2.88. The Kier molecular flexibility index (Phi) is 4.65. The summed E-state index contributed by atoms with van der Waals surface area (Å²) in [6.07, 6.45) is 7.24. The number of aliphatic carboxylic acids is 1. The Morgan fingerprint density at radius 2 is 2.25 bits per heavy atom. The molecular weight excluding hydrogens is 210 g/mol. The lowest BCUT2D eigenvalue weighted by molar-refractivity contribution is -0.131. The molecule has 1 rings (SSSR count). The van der Waals surface area contributed by atoms with Gasteiger partial charge >= 0.3 is 5.97 Å². The number of nitrogens with zero attached hydrogens (tertiary/aromatic N) is 2. The molecule has 6 nitrogen and oxygen atoms in total. The van der Waals surface area contributed by atoms with Crippen molar-refractivity contribution in [3.05, 3.63) is 36.4 Å². The van der Waals surface area contributed by atoms with Crippen LogP contribution in [0.3, 0.4) is 0 Å². The summed E-state index contributed by atoms with van der Waals surface area (Å²) in [7, 11) is 0. The maximum absolute atomic E-state index is 11.4. The highest BCUT2D eigenvalue weighted by molar-refractivity contribution is 5.91. The van der Waals surface area contributed by atoms with Crippen molar-refractivity contribution in [3.63, 3.8) is 0 Å². The van der Waals surface area contributed by atoms with Crippen molar-refractivity contribution in [1.82, 2.24) is 15.3 Å². The van der Waals surface area contributed by atoms with E-state index in [1.165, 1.54) is 24.7 Å². The number of hydrogen-bond acceptors (Lipinski definition) is 4. The number of hydrogen-bond donors (Lipinski definition) is 2. The van der Waals surface area contributed by atoms with Gasteiger partial charge in [0.1, 0.15) is 5.69 Å². The predicted molar refractivity (Wildman–Crippen MR) is 55.8 cm³/mol. The number of carbonyl (C=O) groups excluding carboxylic acids is 1. The van der Waals surface area contributed by atoms with Crippen LogP contribution in [0.2, 0.25) is 0 Å². The van der Waals surface area contributed by atoms with E-state index in [1.807, 2.05) is 0 Å². The second kappa shape index (κ2) is 6.28. The maximum Gasteiger partial charge on any atom is 0.327 e. The molecule has 2 N–H and O–H groups in total. The molecule has 0 aromatic carbocycles. The molecule has 0 aliphatic carbocycles. The van der Waals surface area contributed by atoms with Crippen LogP contribution < -0.4 is 5.32 Å². The number of amides is 1. The van der Waals surface area contributed by atoms with Gasteiger partial charge in [0.05, 0.1) is 6.20 Å². The van der Waals surface area contributed by atoms with E-state index >= 15 is 0 Å². The van der Waals surface area contributed by atoms with Crippen molar-refractivity contribution < 1.29 is 14.7 Å². The van der Waals surface area contributed by atoms with Crippen LogP contribution in [-0.2, 0) is 4.79 Å². The van der Waals surface area contributed by atoms with Gasteiger partial charge in [-0.05, 0) is 6.42 Å². The van der Waals surface area contributed by atoms with Crippen molar-refractivity contribution in [3.8, 4) is 0 Å². The van der Waals surface area contributed by atoms with Crippen LogP contribution in [-0.4, -0.2) is 33.5 Å². The van der Waals surface area contributed by atoms with Crippen LogP contribution in [0.5, 0.6) is 0 Å². The maximum atomic E-state index is 11.4. The Morgan fingerprint density at radius 1 is 1.44 bits per heavy atom. The van der Waals surface area contributed by atoms with Crippen LogP contribution in [0, 0.1) is 0 Å². The van der Waals surface area contributed by atoms with Gasteiger partial charge in [-0.1, -0.05) is 6.08 Å². The highest BCUT2D eigenvalue weighted by Gasteiger charge is 2.04. The molecule has 1 heterocycles. The Labute approximate surface area is 92.0 Å². The monoisotopic (exact) mass is 221 g/mol. The van der Waals surface area contributed by atoms with E-state index in [4.69, 9.17) is 5.11 Å². The minimum absolute atomic E-state index is 0.240.